The van der Waals surface area contributed by atoms with Crippen LogP contribution in [0.1, 0.15) is 11.1 Å². The standard InChI is InChI=1S/C14H13BrClNO/c1-8-5-11(6-9(2)14(8)15)18-13-4-3-10(17)7-12(13)16/h3-7H,17H2,1-2H3. The zero-order valence-electron chi connectivity index (χ0n) is 10.1. The molecule has 2 rings (SSSR count). The van der Waals surface area contributed by atoms with E-state index in [1.54, 1.807) is 18.2 Å². The van der Waals surface area contributed by atoms with Gasteiger partial charge in [-0.05, 0) is 55.3 Å². The molecule has 0 aliphatic heterocycles. The molecule has 0 bridgehead atoms. The maximum absolute atomic E-state index is 6.08. The molecule has 4 heteroatoms. The molecule has 0 fully saturated rings. The van der Waals surface area contributed by atoms with Gasteiger partial charge >= 0.3 is 0 Å². The van der Waals surface area contributed by atoms with Crippen LogP contribution in [0, 0.1) is 13.8 Å². The van der Waals surface area contributed by atoms with E-state index in [9.17, 15) is 0 Å². The molecule has 2 N–H and O–H groups in total. The average molecular weight is 327 g/mol. The van der Waals surface area contributed by atoms with Crippen molar-refractivity contribution in [3.63, 3.8) is 0 Å². The summed E-state index contributed by atoms with van der Waals surface area (Å²) in [6, 6.07) is 9.13. The van der Waals surface area contributed by atoms with E-state index in [1.807, 2.05) is 26.0 Å². The largest absolute Gasteiger partial charge is 0.456 e. The third kappa shape index (κ3) is 2.79. The minimum Gasteiger partial charge on any atom is -0.456 e. The lowest BCUT2D eigenvalue weighted by Crippen LogP contribution is -1.90. The van der Waals surface area contributed by atoms with Crippen molar-refractivity contribution in [1.82, 2.24) is 0 Å². The number of hydrogen-bond acceptors (Lipinski definition) is 2. The smallest absolute Gasteiger partial charge is 0.146 e. The van der Waals surface area contributed by atoms with Crippen LogP contribution < -0.4 is 10.5 Å². The van der Waals surface area contributed by atoms with Gasteiger partial charge in [0.05, 0.1) is 5.02 Å². The van der Waals surface area contributed by atoms with Crippen molar-refractivity contribution in [2.45, 2.75) is 13.8 Å². The number of nitrogen functional groups attached to an aromatic ring is 1. The maximum atomic E-state index is 6.08. The fraction of sp³-hybridized carbons (Fsp3) is 0.143. The summed E-state index contributed by atoms with van der Waals surface area (Å²) in [5.41, 5.74) is 8.51. The van der Waals surface area contributed by atoms with Crippen LogP contribution in [0.25, 0.3) is 0 Å². The minimum atomic E-state index is 0.508. The van der Waals surface area contributed by atoms with Gasteiger partial charge in [0.25, 0.3) is 0 Å². The highest BCUT2D eigenvalue weighted by atomic mass is 79.9. The van der Waals surface area contributed by atoms with Gasteiger partial charge in [-0.2, -0.15) is 0 Å². The summed E-state index contributed by atoms with van der Waals surface area (Å²) in [4.78, 5) is 0. The molecular formula is C14H13BrClNO. The summed E-state index contributed by atoms with van der Waals surface area (Å²) in [6.07, 6.45) is 0. The summed E-state index contributed by atoms with van der Waals surface area (Å²) in [7, 11) is 0. The Bertz CT molecular complexity index is 575. The fourth-order valence-corrected chi connectivity index (χ4v) is 2.15. The first-order valence-electron chi connectivity index (χ1n) is 5.47. The Hall–Kier alpha value is -1.19. The van der Waals surface area contributed by atoms with Gasteiger partial charge in [-0.15, -0.1) is 0 Å². The van der Waals surface area contributed by atoms with Crippen molar-refractivity contribution < 1.29 is 4.74 Å². The van der Waals surface area contributed by atoms with Crippen LogP contribution in [-0.4, -0.2) is 0 Å². The van der Waals surface area contributed by atoms with Crippen LogP contribution >= 0.6 is 27.5 Å². The molecule has 0 heterocycles. The number of ether oxygens (including phenoxy) is 1. The Morgan fingerprint density at radius 1 is 1.11 bits per heavy atom. The van der Waals surface area contributed by atoms with Crippen molar-refractivity contribution in [3.05, 3.63) is 51.0 Å². The molecule has 0 unspecified atom stereocenters. The number of aryl methyl sites for hydroxylation is 2. The molecular weight excluding hydrogens is 314 g/mol. The second kappa shape index (κ2) is 5.21. The van der Waals surface area contributed by atoms with Gasteiger partial charge in [0, 0.05) is 10.2 Å². The van der Waals surface area contributed by atoms with Crippen LogP contribution in [0.2, 0.25) is 5.02 Å². The molecule has 94 valence electrons. The lowest BCUT2D eigenvalue weighted by atomic mass is 10.1. The van der Waals surface area contributed by atoms with E-state index in [-0.39, 0.29) is 0 Å². The molecule has 2 aromatic carbocycles. The molecule has 0 amide bonds. The van der Waals surface area contributed by atoms with E-state index >= 15 is 0 Å². The Morgan fingerprint density at radius 2 is 1.72 bits per heavy atom. The fourth-order valence-electron chi connectivity index (χ4n) is 1.69. The van der Waals surface area contributed by atoms with Crippen LogP contribution in [-0.2, 0) is 0 Å². The highest BCUT2D eigenvalue weighted by molar-refractivity contribution is 9.10. The second-order valence-electron chi connectivity index (χ2n) is 4.16. The predicted molar refractivity (Wildman–Crippen MR) is 79.6 cm³/mol. The monoisotopic (exact) mass is 325 g/mol. The van der Waals surface area contributed by atoms with Gasteiger partial charge in [-0.25, -0.2) is 0 Å². The summed E-state index contributed by atoms with van der Waals surface area (Å²) in [5.74, 6) is 1.37. The van der Waals surface area contributed by atoms with Crippen molar-refractivity contribution in [2.24, 2.45) is 0 Å². The number of anilines is 1. The van der Waals surface area contributed by atoms with Crippen molar-refractivity contribution in [2.75, 3.05) is 5.73 Å². The average Bonchev–Trinajstić information content (AvgIpc) is 2.29. The summed E-state index contributed by atoms with van der Waals surface area (Å²) in [6.45, 7) is 4.04. The number of benzene rings is 2. The Morgan fingerprint density at radius 3 is 2.28 bits per heavy atom. The van der Waals surface area contributed by atoms with Crippen molar-refractivity contribution in [3.8, 4) is 11.5 Å². The highest BCUT2D eigenvalue weighted by Crippen LogP contribution is 2.33. The van der Waals surface area contributed by atoms with Crippen molar-refractivity contribution in [1.29, 1.82) is 0 Å². The quantitative estimate of drug-likeness (QED) is 0.780. The van der Waals surface area contributed by atoms with Gasteiger partial charge in [0.15, 0.2) is 0 Å². The van der Waals surface area contributed by atoms with E-state index in [0.717, 1.165) is 21.3 Å². The number of nitrogens with two attached hydrogens (primary N) is 1. The molecule has 0 saturated carbocycles. The topological polar surface area (TPSA) is 35.2 Å². The van der Waals surface area contributed by atoms with E-state index in [2.05, 4.69) is 15.9 Å². The Labute approximate surface area is 120 Å². The van der Waals surface area contributed by atoms with Gasteiger partial charge < -0.3 is 10.5 Å². The number of rotatable bonds is 2. The molecule has 0 saturated heterocycles. The normalized spacial score (nSPS) is 10.4. The third-order valence-electron chi connectivity index (χ3n) is 2.59. The second-order valence-corrected chi connectivity index (χ2v) is 5.36. The van der Waals surface area contributed by atoms with Crippen LogP contribution in [0.15, 0.2) is 34.8 Å². The van der Waals surface area contributed by atoms with Crippen LogP contribution in [0.4, 0.5) is 5.69 Å². The molecule has 18 heavy (non-hydrogen) atoms. The summed E-state index contributed by atoms with van der Waals surface area (Å²) < 4.78 is 6.87. The van der Waals surface area contributed by atoms with E-state index in [4.69, 9.17) is 22.1 Å². The number of hydrogen-bond donors (Lipinski definition) is 1. The van der Waals surface area contributed by atoms with Gasteiger partial charge in [-0.1, -0.05) is 27.5 Å². The predicted octanol–water partition coefficient (Wildman–Crippen LogP) is 5.09. The molecule has 2 aromatic rings. The van der Waals surface area contributed by atoms with Gasteiger partial charge in [0.1, 0.15) is 11.5 Å². The first kappa shape index (κ1) is 13.2. The third-order valence-corrected chi connectivity index (χ3v) is 4.14. The van der Waals surface area contributed by atoms with E-state index in [0.29, 0.717) is 16.5 Å². The zero-order valence-corrected chi connectivity index (χ0v) is 12.5. The SMILES string of the molecule is Cc1cc(Oc2ccc(N)cc2Cl)cc(C)c1Br. The van der Waals surface area contributed by atoms with Gasteiger partial charge in [0.2, 0.25) is 0 Å². The van der Waals surface area contributed by atoms with Crippen molar-refractivity contribution >= 4 is 33.2 Å². The Balaban J connectivity index is 2.34. The molecule has 2 nitrogen and oxygen atoms in total. The minimum absolute atomic E-state index is 0.508. The molecule has 0 aliphatic rings. The van der Waals surface area contributed by atoms with Crippen LogP contribution in [0.3, 0.4) is 0 Å². The Kier molecular flexibility index (Phi) is 3.83. The lowest BCUT2D eigenvalue weighted by Gasteiger charge is -2.11. The first-order chi connectivity index (χ1) is 8.47. The summed E-state index contributed by atoms with van der Waals surface area (Å²) in [5, 5.41) is 0.508. The van der Waals surface area contributed by atoms with Crippen LogP contribution in [0.5, 0.6) is 11.5 Å². The van der Waals surface area contributed by atoms with E-state index in [1.165, 1.54) is 0 Å². The summed E-state index contributed by atoms with van der Waals surface area (Å²) >= 11 is 9.60. The molecule has 0 atom stereocenters. The lowest BCUT2D eigenvalue weighted by molar-refractivity contribution is 0.482. The maximum Gasteiger partial charge on any atom is 0.146 e. The molecule has 0 aliphatic carbocycles. The first-order valence-corrected chi connectivity index (χ1v) is 6.64. The highest BCUT2D eigenvalue weighted by Gasteiger charge is 2.07. The number of halogens is 2. The molecule has 0 spiro atoms. The van der Waals surface area contributed by atoms with Gasteiger partial charge in [-0.3, -0.25) is 0 Å². The zero-order chi connectivity index (χ0) is 13.3. The molecule has 0 radical (unpaired) electrons. The van der Waals surface area contributed by atoms with E-state index < -0.39 is 0 Å². The molecule has 0 aromatic heterocycles.